The SMILES string of the molecule is Cc1ccc(CCl)cc1S(=O)(=O)NC1CC1. The molecule has 0 atom stereocenters. The van der Waals surface area contributed by atoms with Gasteiger partial charge in [-0.1, -0.05) is 12.1 Å². The molecule has 0 aliphatic heterocycles. The summed E-state index contributed by atoms with van der Waals surface area (Å²) in [6.45, 7) is 1.79. The molecule has 0 radical (unpaired) electrons. The van der Waals surface area contributed by atoms with Gasteiger partial charge in [0.15, 0.2) is 0 Å². The lowest BCUT2D eigenvalue weighted by molar-refractivity contribution is 0.580. The van der Waals surface area contributed by atoms with Crippen molar-refractivity contribution in [3.8, 4) is 0 Å². The molecule has 0 amide bonds. The number of rotatable bonds is 4. The van der Waals surface area contributed by atoms with Crippen molar-refractivity contribution in [3.63, 3.8) is 0 Å². The zero-order chi connectivity index (χ0) is 11.8. The molecule has 0 bridgehead atoms. The fourth-order valence-electron chi connectivity index (χ4n) is 1.50. The quantitative estimate of drug-likeness (QED) is 0.843. The van der Waals surface area contributed by atoms with Gasteiger partial charge in [0.1, 0.15) is 0 Å². The first-order valence-corrected chi connectivity index (χ1v) is 7.22. The van der Waals surface area contributed by atoms with E-state index >= 15 is 0 Å². The van der Waals surface area contributed by atoms with Crippen molar-refractivity contribution >= 4 is 21.6 Å². The van der Waals surface area contributed by atoms with E-state index in [1.165, 1.54) is 0 Å². The van der Waals surface area contributed by atoms with Gasteiger partial charge >= 0.3 is 0 Å². The molecule has 88 valence electrons. The van der Waals surface area contributed by atoms with Crippen molar-refractivity contribution in [2.24, 2.45) is 0 Å². The number of nitrogens with one attached hydrogen (secondary N) is 1. The van der Waals surface area contributed by atoms with Gasteiger partial charge < -0.3 is 0 Å². The molecule has 0 unspecified atom stereocenters. The number of sulfonamides is 1. The van der Waals surface area contributed by atoms with Crippen LogP contribution in [0.1, 0.15) is 24.0 Å². The highest BCUT2D eigenvalue weighted by Crippen LogP contribution is 2.24. The Bertz CT molecular complexity index is 495. The van der Waals surface area contributed by atoms with Crippen molar-refractivity contribution < 1.29 is 8.42 Å². The molecule has 0 aromatic heterocycles. The molecule has 1 aromatic rings. The summed E-state index contributed by atoms with van der Waals surface area (Å²) in [6, 6.07) is 5.41. The number of alkyl halides is 1. The molecular formula is C11H14ClNO2S. The molecule has 5 heteroatoms. The van der Waals surface area contributed by atoms with E-state index in [4.69, 9.17) is 11.6 Å². The van der Waals surface area contributed by atoms with E-state index in [0.29, 0.717) is 10.8 Å². The van der Waals surface area contributed by atoms with E-state index < -0.39 is 10.0 Å². The molecule has 3 nitrogen and oxygen atoms in total. The minimum Gasteiger partial charge on any atom is -0.208 e. The van der Waals surface area contributed by atoms with E-state index in [-0.39, 0.29) is 6.04 Å². The Morgan fingerprint density at radius 2 is 2.12 bits per heavy atom. The third-order valence-electron chi connectivity index (χ3n) is 2.60. The van der Waals surface area contributed by atoms with Gasteiger partial charge in [-0.2, -0.15) is 0 Å². The summed E-state index contributed by atoms with van der Waals surface area (Å²) in [5, 5.41) is 0. The van der Waals surface area contributed by atoms with Gasteiger partial charge in [0.2, 0.25) is 10.0 Å². The van der Waals surface area contributed by atoms with Crippen LogP contribution in [0.15, 0.2) is 23.1 Å². The van der Waals surface area contributed by atoms with Gasteiger partial charge in [0.05, 0.1) is 4.90 Å². The van der Waals surface area contributed by atoms with E-state index in [1.807, 2.05) is 6.07 Å². The Hall–Kier alpha value is -0.580. The first kappa shape index (κ1) is 11.9. The highest BCUT2D eigenvalue weighted by atomic mass is 35.5. The highest BCUT2D eigenvalue weighted by molar-refractivity contribution is 7.89. The first-order chi connectivity index (χ1) is 7.53. The maximum absolute atomic E-state index is 12.0. The van der Waals surface area contributed by atoms with E-state index in [9.17, 15) is 8.42 Å². The second-order valence-corrected chi connectivity index (χ2v) is 6.08. The maximum Gasteiger partial charge on any atom is 0.241 e. The molecule has 1 N–H and O–H groups in total. The van der Waals surface area contributed by atoms with Crippen LogP contribution in [0.2, 0.25) is 0 Å². The fraction of sp³-hybridized carbons (Fsp3) is 0.455. The summed E-state index contributed by atoms with van der Waals surface area (Å²) in [6.07, 6.45) is 1.88. The van der Waals surface area contributed by atoms with Crippen LogP contribution < -0.4 is 4.72 Å². The molecule has 1 aliphatic rings. The van der Waals surface area contributed by atoms with Crippen LogP contribution in [-0.4, -0.2) is 14.5 Å². The number of hydrogen-bond acceptors (Lipinski definition) is 2. The van der Waals surface area contributed by atoms with Crippen molar-refractivity contribution in [2.45, 2.75) is 36.6 Å². The normalized spacial score (nSPS) is 16.4. The Morgan fingerprint density at radius 1 is 1.44 bits per heavy atom. The van der Waals surface area contributed by atoms with Crippen LogP contribution in [0.25, 0.3) is 0 Å². The molecule has 0 spiro atoms. The van der Waals surface area contributed by atoms with Crippen LogP contribution in [0.3, 0.4) is 0 Å². The smallest absolute Gasteiger partial charge is 0.208 e. The van der Waals surface area contributed by atoms with Crippen LogP contribution in [-0.2, 0) is 15.9 Å². The zero-order valence-corrected chi connectivity index (χ0v) is 10.6. The van der Waals surface area contributed by atoms with Crippen LogP contribution in [0.4, 0.5) is 0 Å². The van der Waals surface area contributed by atoms with Crippen molar-refractivity contribution in [3.05, 3.63) is 29.3 Å². The molecule has 16 heavy (non-hydrogen) atoms. The summed E-state index contributed by atoms with van der Waals surface area (Å²) >= 11 is 5.70. The first-order valence-electron chi connectivity index (χ1n) is 5.21. The average molecular weight is 260 g/mol. The number of hydrogen-bond donors (Lipinski definition) is 1. The summed E-state index contributed by atoms with van der Waals surface area (Å²) in [5.74, 6) is 0.326. The average Bonchev–Trinajstić information content (AvgIpc) is 3.01. The molecule has 0 heterocycles. The second-order valence-electron chi connectivity index (χ2n) is 4.13. The predicted octanol–water partition coefficient (Wildman–Crippen LogP) is 2.17. The number of halogens is 1. The summed E-state index contributed by atoms with van der Waals surface area (Å²) in [5.41, 5.74) is 1.57. The number of aryl methyl sites for hydroxylation is 1. The summed E-state index contributed by atoms with van der Waals surface area (Å²) in [4.78, 5) is 0.345. The van der Waals surface area contributed by atoms with Crippen LogP contribution in [0.5, 0.6) is 0 Å². The highest BCUT2D eigenvalue weighted by Gasteiger charge is 2.28. The van der Waals surface area contributed by atoms with E-state index in [1.54, 1.807) is 19.1 Å². The monoisotopic (exact) mass is 259 g/mol. The molecule has 1 aliphatic carbocycles. The predicted molar refractivity (Wildman–Crippen MR) is 64.1 cm³/mol. The Balaban J connectivity index is 2.36. The topological polar surface area (TPSA) is 46.2 Å². The molecule has 1 saturated carbocycles. The number of benzene rings is 1. The van der Waals surface area contributed by atoms with Crippen LogP contribution in [0, 0.1) is 6.92 Å². The maximum atomic E-state index is 12.0. The molecule has 1 aromatic carbocycles. The van der Waals surface area contributed by atoms with Gasteiger partial charge in [-0.15, -0.1) is 11.6 Å². The summed E-state index contributed by atoms with van der Waals surface area (Å²) < 4.78 is 26.7. The van der Waals surface area contributed by atoms with Crippen molar-refractivity contribution in [1.29, 1.82) is 0 Å². The van der Waals surface area contributed by atoms with E-state index in [2.05, 4.69) is 4.72 Å². The van der Waals surface area contributed by atoms with Gasteiger partial charge in [-0.25, -0.2) is 13.1 Å². The Labute approximate surface area is 101 Å². The second kappa shape index (κ2) is 4.35. The third-order valence-corrected chi connectivity index (χ3v) is 4.57. The minimum absolute atomic E-state index is 0.129. The minimum atomic E-state index is -3.37. The Kier molecular flexibility index (Phi) is 3.24. The standard InChI is InChI=1S/C11H14ClNO2S/c1-8-2-3-9(7-12)6-11(8)16(14,15)13-10-4-5-10/h2-3,6,10,13H,4-5,7H2,1H3. The lowest BCUT2D eigenvalue weighted by atomic mass is 10.2. The van der Waals surface area contributed by atoms with Gasteiger partial charge in [-0.05, 0) is 37.0 Å². The van der Waals surface area contributed by atoms with Crippen LogP contribution >= 0.6 is 11.6 Å². The molecule has 0 saturated heterocycles. The lowest BCUT2D eigenvalue weighted by Gasteiger charge is -2.09. The molecule has 2 rings (SSSR count). The largest absolute Gasteiger partial charge is 0.241 e. The molecular weight excluding hydrogens is 246 g/mol. The van der Waals surface area contributed by atoms with Gasteiger partial charge in [0.25, 0.3) is 0 Å². The van der Waals surface area contributed by atoms with E-state index in [0.717, 1.165) is 24.0 Å². The summed E-state index contributed by atoms with van der Waals surface area (Å²) in [7, 11) is -3.37. The Morgan fingerprint density at radius 3 is 2.69 bits per heavy atom. The van der Waals surface area contributed by atoms with Gasteiger partial charge in [0, 0.05) is 11.9 Å². The van der Waals surface area contributed by atoms with Crippen molar-refractivity contribution in [1.82, 2.24) is 4.72 Å². The third kappa shape index (κ3) is 2.56. The zero-order valence-electron chi connectivity index (χ0n) is 9.03. The van der Waals surface area contributed by atoms with Crippen molar-refractivity contribution in [2.75, 3.05) is 0 Å². The fourth-order valence-corrected chi connectivity index (χ4v) is 3.27. The lowest BCUT2D eigenvalue weighted by Crippen LogP contribution is -2.26. The van der Waals surface area contributed by atoms with Gasteiger partial charge in [-0.3, -0.25) is 0 Å². The molecule has 1 fully saturated rings.